The van der Waals surface area contributed by atoms with Crippen molar-refractivity contribution in [3.05, 3.63) is 89.1 Å². The predicted octanol–water partition coefficient (Wildman–Crippen LogP) is 6.01. The summed E-state index contributed by atoms with van der Waals surface area (Å²) in [5.74, 6) is -1.03. The molecular formula is C24H16Br2N2O5S. The number of fused-ring (bicyclic) bond motifs is 2. The van der Waals surface area contributed by atoms with Crippen LogP contribution in [0.1, 0.15) is 50.0 Å². The normalized spacial score (nSPS) is 15.1. The highest BCUT2D eigenvalue weighted by atomic mass is 79.9. The first-order valence-electron chi connectivity index (χ1n) is 10.3. The van der Waals surface area contributed by atoms with Crippen LogP contribution in [0, 0.1) is 6.92 Å². The number of anilines is 1. The zero-order chi connectivity index (χ0) is 24.1. The molecule has 0 spiro atoms. The van der Waals surface area contributed by atoms with E-state index in [9.17, 15) is 14.4 Å². The van der Waals surface area contributed by atoms with Gasteiger partial charge in [-0.25, -0.2) is 9.78 Å². The minimum absolute atomic E-state index is 0.0321. The van der Waals surface area contributed by atoms with Crippen molar-refractivity contribution in [2.45, 2.75) is 19.9 Å². The number of carbonyl (C=O) groups excluding carboxylic acids is 2. The van der Waals surface area contributed by atoms with Crippen LogP contribution in [0.2, 0.25) is 0 Å². The van der Waals surface area contributed by atoms with Crippen molar-refractivity contribution in [3.8, 4) is 0 Å². The number of aryl methyl sites for hydroxylation is 1. The number of benzene rings is 2. The number of rotatable bonds is 4. The fourth-order valence-corrected chi connectivity index (χ4v) is 5.77. The summed E-state index contributed by atoms with van der Waals surface area (Å²) in [7, 11) is 0. The number of carbonyl (C=O) groups is 2. The molecule has 7 nitrogen and oxygen atoms in total. The number of ether oxygens (including phenoxy) is 1. The first-order chi connectivity index (χ1) is 16.3. The average molecular weight is 604 g/mol. The Kier molecular flexibility index (Phi) is 5.91. The molecule has 1 aliphatic heterocycles. The second kappa shape index (κ2) is 8.75. The van der Waals surface area contributed by atoms with Crippen molar-refractivity contribution in [1.29, 1.82) is 0 Å². The summed E-state index contributed by atoms with van der Waals surface area (Å²) in [4.78, 5) is 46.0. The van der Waals surface area contributed by atoms with E-state index >= 15 is 0 Å². The Morgan fingerprint density at radius 1 is 1.18 bits per heavy atom. The first kappa shape index (κ1) is 22.9. The Balaban J connectivity index is 1.76. The van der Waals surface area contributed by atoms with Gasteiger partial charge in [0, 0.05) is 8.95 Å². The number of thiazole rings is 1. The molecule has 34 heavy (non-hydrogen) atoms. The lowest BCUT2D eigenvalue weighted by atomic mass is 9.99. The van der Waals surface area contributed by atoms with Crippen molar-refractivity contribution in [1.82, 2.24) is 4.98 Å². The monoisotopic (exact) mass is 602 g/mol. The number of amides is 1. The van der Waals surface area contributed by atoms with Gasteiger partial charge in [-0.05, 0) is 49.7 Å². The van der Waals surface area contributed by atoms with Gasteiger partial charge in [-0.15, -0.1) is 0 Å². The van der Waals surface area contributed by atoms with E-state index in [1.54, 1.807) is 32.0 Å². The van der Waals surface area contributed by atoms with E-state index in [4.69, 9.17) is 9.15 Å². The Morgan fingerprint density at radius 3 is 2.68 bits per heavy atom. The minimum atomic E-state index is -0.778. The Labute approximate surface area is 214 Å². The summed E-state index contributed by atoms with van der Waals surface area (Å²) in [6, 6.07) is 11.7. The highest BCUT2D eigenvalue weighted by Gasteiger charge is 2.45. The van der Waals surface area contributed by atoms with Crippen molar-refractivity contribution >= 4 is 71.2 Å². The van der Waals surface area contributed by atoms with Crippen LogP contribution in [-0.2, 0) is 4.74 Å². The van der Waals surface area contributed by atoms with Crippen molar-refractivity contribution in [2.24, 2.45) is 0 Å². The SMILES string of the molecule is CCOC(=O)c1sc(N2C(=O)c3oc4ccc(Br)cc4c(=O)c3C2c2cccc(Br)c2)nc1C. The van der Waals surface area contributed by atoms with Crippen LogP contribution < -0.4 is 10.3 Å². The lowest BCUT2D eigenvalue weighted by Gasteiger charge is -2.22. The predicted molar refractivity (Wildman–Crippen MR) is 136 cm³/mol. The maximum Gasteiger partial charge on any atom is 0.350 e. The summed E-state index contributed by atoms with van der Waals surface area (Å²) in [6.07, 6.45) is 0. The van der Waals surface area contributed by atoms with Crippen LogP contribution in [0.5, 0.6) is 0 Å². The van der Waals surface area contributed by atoms with E-state index in [1.165, 1.54) is 4.90 Å². The molecule has 0 aliphatic carbocycles. The third-order valence-electron chi connectivity index (χ3n) is 5.45. The zero-order valence-corrected chi connectivity index (χ0v) is 21.9. The molecule has 0 saturated carbocycles. The third-order valence-corrected chi connectivity index (χ3v) is 7.57. The molecule has 2 aromatic carbocycles. The molecule has 4 aromatic rings. The summed E-state index contributed by atoms with van der Waals surface area (Å²) in [5, 5.41) is 0.650. The zero-order valence-electron chi connectivity index (χ0n) is 17.9. The van der Waals surface area contributed by atoms with E-state index in [-0.39, 0.29) is 28.5 Å². The second-order valence-corrected chi connectivity index (χ2v) is 10.4. The maximum absolute atomic E-state index is 13.7. The van der Waals surface area contributed by atoms with Gasteiger partial charge in [-0.1, -0.05) is 55.3 Å². The molecular weight excluding hydrogens is 588 g/mol. The van der Waals surface area contributed by atoms with E-state index in [0.717, 1.165) is 20.3 Å². The van der Waals surface area contributed by atoms with Crippen LogP contribution >= 0.6 is 43.2 Å². The highest BCUT2D eigenvalue weighted by molar-refractivity contribution is 9.10. The van der Waals surface area contributed by atoms with Gasteiger partial charge in [0.2, 0.25) is 5.76 Å². The summed E-state index contributed by atoms with van der Waals surface area (Å²) in [5.41, 5.74) is 1.41. The number of aromatic nitrogens is 1. The molecule has 0 radical (unpaired) electrons. The Bertz CT molecular complexity index is 1540. The Hall–Kier alpha value is -2.82. The fraction of sp³-hybridized carbons (Fsp3) is 0.167. The van der Waals surface area contributed by atoms with Gasteiger partial charge in [0.1, 0.15) is 10.5 Å². The first-order valence-corrected chi connectivity index (χ1v) is 12.7. The van der Waals surface area contributed by atoms with Gasteiger partial charge in [-0.2, -0.15) is 0 Å². The number of halogens is 2. The second-order valence-electron chi connectivity index (χ2n) is 7.58. The molecule has 10 heteroatoms. The molecule has 0 fully saturated rings. The molecule has 0 saturated heterocycles. The number of esters is 1. The average Bonchev–Trinajstić information content (AvgIpc) is 3.32. The smallest absolute Gasteiger partial charge is 0.350 e. The molecule has 5 rings (SSSR count). The van der Waals surface area contributed by atoms with Crippen molar-refractivity contribution in [2.75, 3.05) is 11.5 Å². The third kappa shape index (κ3) is 3.70. The lowest BCUT2D eigenvalue weighted by molar-refractivity contribution is 0.0531. The van der Waals surface area contributed by atoms with Gasteiger partial charge in [-0.3, -0.25) is 14.5 Å². The number of hydrogen-bond acceptors (Lipinski definition) is 7. The largest absolute Gasteiger partial charge is 0.462 e. The van der Waals surface area contributed by atoms with Gasteiger partial charge in [0.15, 0.2) is 10.6 Å². The van der Waals surface area contributed by atoms with E-state index in [0.29, 0.717) is 27.1 Å². The van der Waals surface area contributed by atoms with E-state index in [2.05, 4.69) is 36.8 Å². The van der Waals surface area contributed by atoms with Crippen molar-refractivity contribution in [3.63, 3.8) is 0 Å². The Morgan fingerprint density at radius 2 is 1.94 bits per heavy atom. The minimum Gasteiger partial charge on any atom is -0.462 e. The van der Waals surface area contributed by atoms with Gasteiger partial charge >= 0.3 is 5.97 Å². The summed E-state index contributed by atoms with van der Waals surface area (Å²) < 4.78 is 12.6. The van der Waals surface area contributed by atoms with Gasteiger partial charge in [0.25, 0.3) is 5.91 Å². The highest BCUT2D eigenvalue weighted by Crippen LogP contribution is 2.43. The topological polar surface area (TPSA) is 89.7 Å². The molecule has 1 unspecified atom stereocenters. The molecule has 1 amide bonds. The standard InChI is InChI=1S/C24H16Br2N2O5S/c1-3-32-23(31)21-11(2)27-24(34-21)28-18(12-5-4-6-13(25)9-12)17-19(29)15-10-14(26)7-8-16(15)33-20(17)22(28)30/h4-10,18H,3H2,1-2H3. The lowest BCUT2D eigenvalue weighted by Crippen LogP contribution is -2.29. The molecule has 0 bridgehead atoms. The van der Waals surface area contributed by atoms with Crippen LogP contribution in [0.3, 0.4) is 0 Å². The van der Waals surface area contributed by atoms with Gasteiger partial charge in [0.05, 0.1) is 29.3 Å². The fourth-order valence-electron chi connectivity index (χ4n) is 4.01. The van der Waals surface area contributed by atoms with Crippen LogP contribution in [0.25, 0.3) is 11.0 Å². The van der Waals surface area contributed by atoms with Crippen LogP contribution in [0.4, 0.5) is 5.13 Å². The quantitative estimate of drug-likeness (QED) is 0.265. The molecule has 1 atom stereocenters. The van der Waals surface area contributed by atoms with Gasteiger partial charge < -0.3 is 9.15 Å². The number of nitrogens with zero attached hydrogens (tertiary/aromatic N) is 2. The molecule has 1 aliphatic rings. The number of hydrogen-bond donors (Lipinski definition) is 0. The van der Waals surface area contributed by atoms with Crippen molar-refractivity contribution < 1.29 is 18.7 Å². The molecule has 2 aromatic heterocycles. The molecule has 172 valence electrons. The summed E-state index contributed by atoms with van der Waals surface area (Å²) >= 11 is 7.92. The van der Waals surface area contributed by atoms with Crippen LogP contribution in [0.15, 0.2) is 60.6 Å². The van der Waals surface area contributed by atoms with E-state index in [1.807, 2.05) is 24.3 Å². The summed E-state index contributed by atoms with van der Waals surface area (Å²) in [6.45, 7) is 3.63. The molecule has 0 N–H and O–H groups in total. The van der Waals surface area contributed by atoms with E-state index < -0.39 is 17.9 Å². The molecule has 3 heterocycles. The van der Waals surface area contributed by atoms with Crippen LogP contribution in [-0.4, -0.2) is 23.5 Å². The maximum atomic E-state index is 13.7.